The third kappa shape index (κ3) is 3.11. The summed E-state index contributed by atoms with van der Waals surface area (Å²) in [6.07, 6.45) is 3.07. The van der Waals surface area contributed by atoms with Crippen LogP contribution in [0.3, 0.4) is 0 Å². The minimum atomic E-state index is 0.757. The highest BCUT2D eigenvalue weighted by atomic mass is 15.3. The van der Waals surface area contributed by atoms with E-state index in [9.17, 15) is 0 Å². The van der Waals surface area contributed by atoms with E-state index in [-0.39, 0.29) is 0 Å². The number of aromatic nitrogens is 2. The van der Waals surface area contributed by atoms with Crippen molar-refractivity contribution >= 4 is 0 Å². The Bertz CT molecular complexity index is 393. The molecule has 0 atom stereocenters. The monoisotopic (exact) mass is 219 g/mol. The molecule has 0 radical (unpaired) electrons. The fraction of sp³-hybridized carbons (Fsp3) is 0.615. The van der Waals surface area contributed by atoms with Crippen molar-refractivity contribution in [1.82, 2.24) is 9.78 Å². The maximum Gasteiger partial charge on any atom is 0.0753 e. The van der Waals surface area contributed by atoms with E-state index in [1.54, 1.807) is 0 Å². The lowest BCUT2D eigenvalue weighted by atomic mass is 10.2. The van der Waals surface area contributed by atoms with E-state index < -0.39 is 0 Å². The number of hydrogen-bond acceptors (Lipinski definition) is 2. The molecule has 1 aromatic heterocycles. The predicted molar refractivity (Wildman–Crippen MR) is 67.2 cm³/mol. The van der Waals surface area contributed by atoms with Crippen LogP contribution in [0.4, 0.5) is 0 Å². The highest BCUT2D eigenvalue weighted by Crippen LogP contribution is 2.11. The molecule has 0 unspecified atom stereocenters. The molecular weight excluding hydrogens is 198 g/mol. The molecule has 2 N–H and O–H groups in total. The normalized spacial score (nSPS) is 10.0. The fourth-order valence-corrected chi connectivity index (χ4v) is 1.69. The molecule has 3 heteroatoms. The highest BCUT2D eigenvalue weighted by molar-refractivity contribution is 5.41. The van der Waals surface area contributed by atoms with Gasteiger partial charge in [0.2, 0.25) is 0 Å². The standard InChI is InChI=1S/C13H21N3/c1-4-16-12(3)13(11(2)15-16)9-7-5-6-8-10-14/h4-6,8,10,14H2,1-3H3. The molecule has 0 saturated carbocycles. The van der Waals surface area contributed by atoms with E-state index in [2.05, 4.69) is 30.8 Å². The smallest absolute Gasteiger partial charge is 0.0753 e. The average molecular weight is 219 g/mol. The van der Waals surface area contributed by atoms with Gasteiger partial charge in [0.1, 0.15) is 0 Å². The summed E-state index contributed by atoms with van der Waals surface area (Å²) in [7, 11) is 0. The summed E-state index contributed by atoms with van der Waals surface area (Å²) in [5, 5.41) is 4.44. The maximum absolute atomic E-state index is 5.43. The third-order valence-electron chi connectivity index (χ3n) is 2.65. The van der Waals surface area contributed by atoms with Gasteiger partial charge >= 0.3 is 0 Å². The lowest BCUT2D eigenvalue weighted by Crippen LogP contribution is -1.98. The Kier molecular flexibility index (Phi) is 5.07. The van der Waals surface area contributed by atoms with E-state index >= 15 is 0 Å². The van der Waals surface area contributed by atoms with Gasteiger partial charge in [-0.05, 0) is 40.2 Å². The maximum atomic E-state index is 5.43. The first kappa shape index (κ1) is 12.8. The van der Waals surface area contributed by atoms with Crippen molar-refractivity contribution in [3.8, 4) is 11.8 Å². The largest absolute Gasteiger partial charge is 0.330 e. The minimum Gasteiger partial charge on any atom is -0.330 e. The summed E-state index contributed by atoms with van der Waals surface area (Å²) >= 11 is 0. The minimum absolute atomic E-state index is 0.757. The summed E-state index contributed by atoms with van der Waals surface area (Å²) in [4.78, 5) is 0. The van der Waals surface area contributed by atoms with Crippen molar-refractivity contribution < 1.29 is 0 Å². The van der Waals surface area contributed by atoms with Gasteiger partial charge in [-0.15, -0.1) is 0 Å². The zero-order valence-electron chi connectivity index (χ0n) is 10.5. The van der Waals surface area contributed by atoms with Crippen LogP contribution in [0, 0.1) is 25.7 Å². The summed E-state index contributed by atoms with van der Waals surface area (Å²) in [5.41, 5.74) is 8.73. The molecule has 0 bridgehead atoms. The number of nitrogens with two attached hydrogens (primary N) is 1. The second-order valence-corrected chi connectivity index (χ2v) is 3.91. The molecule has 0 aliphatic heterocycles. The van der Waals surface area contributed by atoms with Crippen molar-refractivity contribution in [2.45, 2.75) is 46.6 Å². The Balaban J connectivity index is 2.69. The summed E-state index contributed by atoms with van der Waals surface area (Å²) in [5.74, 6) is 6.42. The highest BCUT2D eigenvalue weighted by Gasteiger charge is 2.07. The van der Waals surface area contributed by atoms with Gasteiger partial charge in [-0.1, -0.05) is 11.8 Å². The molecule has 0 spiro atoms. The van der Waals surface area contributed by atoms with E-state index in [0.717, 1.165) is 43.6 Å². The van der Waals surface area contributed by atoms with Gasteiger partial charge < -0.3 is 5.73 Å². The molecule has 16 heavy (non-hydrogen) atoms. The van der Waals surface area contributed by atoms with Crippen LogP contribution >= 0.6 is 0 Å². The van der Waals surface area contributed by atoms with Crippen LogP contribution in [0.25, 0.3) is 0 Å². The van der Waals surface area contributed by atoms with Crippen LogP contribution < -0.4 is 5.73 Å². The first-order valence-corrected chi connectivity index (χ1v) is 5.93. The van der Waals surface area contributed by atoms with Crippen LogP contribution in [-0.4, -0.2) is 16.3 Å². The van der Waals surface area contributed by atoms with Crippen molar-refractivity contribution in [3.63, 3.8) is 0 Å². The van der Waals surface area contributed by atoms with Gasteiger partial charge in [0, 0.05) is 13.0 Å². The van der Waals surface area contributed by atoms with E-state index in [1.807, 2.05) is 11.6 Å². The van der Waals surface area contributed by atoms with Crippen molar-refractivity contribution in [1.29, 1.82) is 0 Å². The summed E-state index contributed by atoms with van der Waals surface area (Å²) in [6.45, 7) is 7.85. The number of hydrogen-bond donors (Lipinski definition) is 1. The van der Waals surface area contributed by atoms with Gasteiger partial charge in [0.05, 0.1) is 17.0 Å². The van der Waals surface area contributed by atoms with Crippen molar-refractivity contribution in [3.05, 3.63) is 17.0 Å². The zero-order chi connectivity index (χ0) is 12.0. The Morgan fingerprint density at radius 2 is 2.06 bits per heavy atom. The quantitative estimate of drug-likeness (QED) is 0.622. The van der Waals surface area contributed by atoms with Crippen LogP contribution in [0.1, 0.15) is 43.1 Å². The van der Waals surface area contributed by atoms with Gasteiger partial charge in [0.25, 0.3) is 0 Å². The van der Waals surface area contributed by atoms with E-state index in [4.69, 9.17) is 5.73 Å². The van der Waals surface area contributed by atoms with Crippen LogP contribution in [0.15, 0.2) is 0 Å². The lowest BCUT2D eigenvalue weighted by Gasteiger charge is -1.97. The average Bonchev–Trinajstić information content (AvgIpc) is 2.55. The molecule has 0 aliphatic carbocycles. The molecule has 88 valence electrons. The van der Waals surface area contributed by atoms with Gasteiger partial charge in [-0.3, -0.25) is 4.68 Å². The summed E-state index contributed by atoms with van der Waals surface area (Å²) in [6, 6.07) is 0. The number of aryl methyl sites for hydroxylation is 2. The Morgan fingerprint density at radius 1 is 1.31 bits per heavy atom. The Hall–Kier alpha value is -1.27. The van der Waals surface area contributed by atoms with Crippen LogP contribution in [0.2, 0.25) is 0 Å². The molecule has 0 saturated heterocycles. The number of rotatable bonds is 4. The molecule has 1 rings (SSSR count). The molecule has 0 aromatic carbocycles. The second kappa shape index (κ2) is 6.34. The first-order chi connectivity index (χ1) is 7.70. The summed E-state index contributed by atoms with van der Waals surface area (Å²) < 4.78 is 2.00. The van der Waals surface area contributed by atoms with Crippen molar-refractivity contribution in [2.24, 2.45) is 5.73 Å². The first-order valence-electron chi connectivity index (χ1n) is 5.93. The molecule has 3 nitrogen and oxygen atoms in total. The molecular formula is C13H21N3. The molecule has 1 aromatic rings. The third-order valence-corrected chi connectivity index (χ3v) is 2.65. The SMILES string of the molecule is CCn1nc(C)c(C#CCCCCN)c1C. The van der Waals surface area contributed by atoms with Crippen molar-refractivity contribution in [2.75, 3.05) is 6.54 Å². The van der Waals surface area contributed by atoms with Crippen LogP contribution in [-0.2, 0) is 6.54 Å². The molecule has 0 amide bonds. The molecule has 0 aliphatic rings. The Morgan fingerprint density at radius 3 is 2.62 bits per heavy atom. The lowest BCUT2D eigenvalue weighted by molar-refractivity contribution is 0.634. The van der Waals surface area contributed by atoms with E-state index in [1.165, 1.54) is 5.69 Å². The van der Waals surface area contributed by atoms with E-state index in [0.29, 0.717) is 0 Å². The number of nitrogens with zero attached hydrogens (tertiary/aromatic N) is 2. The fourth-order valence-electron chi connectivity index (χ4n) is 1.69. The van der Waals surface area contributed by atoms with Gasteiger partial charge in [-0.25, -0.2) is 0 Å². The predicted octanol–water partition coefficient (Wildman–Crippen LogP) is 2.00. The zero-order valence-corrected chi connectivity index (χ0v) is 10.5. The van der Waals surface area contributed by atoms with Gasteiger partial charge in [0.15, 0.2) is 0 Å². The molecule has 1 heterocycles. The number of unbranched alkanes of at least 4 members (excludes halogenated alkanes) is 2. The Labute approximate surface area is 98.0 Å². The topological polar surface area (TPSA) is 43.8 Å². The van der Waals surface area contributed by atoms with Gasteiger partial charge in [-0.2, -0.15) is 5.10 Å². The second-order valence-electron chi connectivity index (χ2n) is 3.91. The molecule has 0 fully saturated rings. The van der Waals surface area contributed by atoms with Crippen LogP contribution in [0.5, 0.6) is 0 Å².